The van der Waals surface area contributed by atoms with Gasteiger partial charge in [-0.15, -0.1) is 0 Å². The van der Waals surface area contributed by atoms with E-state index in [9.17, 15) is 0 Å². The average Bonchev–Trinajstić information content (AvgIpc) is 3.00. The van der Waals surface area contributed by atoms with Gasteiger partial charge in [0.2, 0.25) is 0 Å². The molecule has 96 valence electrons. The summed E-state index contributed by atoms with van der Waals surface area (Å²) in [6, 6.07) is 5.68. The number of rotatable bonds is 4. The zero-order valence-corrected chi connectivity index (χ0v) is 10.9. The highest BCUT2D eigenvalue weighted by Crippen LogP contribution is 2.29. The summed E-state index contributed by atoms with van der Waals surface area (Å²) in [5.41, 5.74) is 1.94. The standard InChI is InChI=1S/C14H20N4/c1-17-9-11(6-14(17)7-15)8-16-12-4-5-18(10-12)13-2-3-13/h6,9,12-13,16H,2-5,8,10H2,1H3. The first-order chi connectivity index (χ1) is 8.76. The maximum atomic E-state index is 8.92. The largest absolute Gasteiger partial charge is 0.342 e. The van der Waals surface area contributed by atoms with Crippen molar-refractivity contribution in [3.8, 4) is 6.07 Å². The van der Waals surface area contributed by atoms with Crippen molar-refractivity contribution in [2.24, 2.45) is 7.05 Å². The van der Waals surface area contributed by atoms with E-state index in [4.69, 9.17) is 5.26 Å². The fraction of sp³-hybridized carbons (Fsp3) is 0.643. The fourth-order valence-electron chi connectivity index (χ4n) is 2.83. The molecule has 2 aliphatic rings. The Bertz CT molecular complexity index is 467. The van der Waals surface area contributed by atoms with Gasteiger partial charge in [0, 0.05) is 45.0 Å². The molecule has 1 N–H and O–H groups in total. The van der Waals surface area contributed by atoms with Gasteiger partial charge in [-0.2, -0.15) is 5.26 Å². The molecule has 2 fully saturated rings. The molecule has 0 radical (unpaired) electrons. The van der Waals surface area contributed by atoms with Crippen molar-refractivity contribution < 1.29 is 0 Å². The van der Waals surface area contributed by atoms with Gasteiger partial charge in [0.1, 0.15) is 11.8 Å². The number of aryl methyl sites for hydroxylation is 1. The molecule has 1 aromatic rings. The Morgan fingerprint density at radius 1 is 1.44 bits per heavy atom. The van der Waals surface area contributed by atoms with Crippen LogP contribution in [0.15, 0.2) is 12.3 Å². The summed E-state index contributed by atoms with van der Waals surface area (Å²) in [5.74, 6) is 0. The van der Waals surface area contributed by atoms with Crippen LogP contribution >= 0.6 is 0 Å². The van der Waals surface area contributed by atoms with Crippen molar-refractivity contribution in [1.82, 2.24) is 14.8 Å². The molecule has 1 unspecified atom stereocenters. The molecule has 4 nitrogen and oxygen atoms in total. The lowest BCUT2D eigenvalue weighted by molar-refractivity contribution is 0.317. The highest BCUT2D eigenvalue weighted by molar-refractivity contribution is 5.28. The summed E-state index contributed by atoms with van der Waals surface area (Å²) in [6.45, 7) is 3.32. The molecule has 1 aliphatic carbocycles. The lowest BCUT2D eigenvalue weighted by Gasteiger charge is -2.15. The topological polar surface area (TPSA) is 44.0 Å². The van der Waals surface area contributed by atoms with E-state index in [0.29, 0.717) is 6.04 Å². The number of hydrogen-bond donors (Lipinski definition) is 1. The average molecular weight is 244 g/mol. The molecule has 18 heavy (non-hydrogen) atoms. The number of hydrogen-bond acceptors (Lipinski definition) is 3. The molecule has 1 aromatic heterocycles. The Hall–Kier alpha value is -1.31. The number of nitriles is 1. The molecule has 0 bridgehead atoms. The van der Waals surface area contributed by atoms with Crippen LogP contribution in [0.2, 0.25) is 0 Å². The second kappa shape index (κ2) is 4.75. The first-order valence-electron chi connectivity index (χ1n) is 6.79. The highest BCUT2D eigenvalue weighted by Gasteiger charge is 2.33. The Balaban J connectivity index is 1.50. The first kappa shape index (κ1) is 11.8. The van der Waals surface area contributed by atoms with Crippen molar-refractivity contribution >= 4 is 0 Å². The zero-order chi connectivity index (χ0) is 12.5. The summed E-state index contributed by atoms with van der Waals surface area (Å²) in [6.07, 6.45) is 6.10. The van der Waals surface area contributed by atoms with Crippen molar-refractivity contribution in [1.29, 1.82) is 5.26 Å². The van der Waals surface area contributed by atoms with Crippen LogP contribution in [0, 0.1) is 11.3 Å². The van der Waals surface area contributed by atoms with Gasteiger partial charge in [-0.3, -0.25) is 4.90 Å². The minimum atomic E-state index is 0.622. The van der Waals surface area contributed by atoms with Crippen LogP contribution < -0.4 is 5.32 Å². The van der Waals surface area contributed by atoms with Gasteiger partial charge in [0.05, 0.1) is 0 Å². The number of nitrogens with one attached hydrogen (secondary N) is 1. The van der Waals surface area contributed by atoms with Crippen LogP contribution in [-0.4, -0.2) is 34.6 Å². The fourth-order valence-corrected chi connectivity index (χ4v) is 2.83. The van der Waals surface area contributed by atoms with E-state index in [1.165, 1.54) is 37.9 Å². The quantitative estimate of drug-likeness (QED) is 0.866. The molecule has 2 heterocycles. The summed E-state index contributed by atoms with van der Waals surface area (Å²) in [5, 5.41) is 12.5. The van der Waals surface area contributed by atoms with Gasteiger partial charge in [0.25, 0.3) is 0 Å². The lowest BCUT2D eigenvalue weighted by Crippen LogP contribution is -2.32. The van der Waals surface area contributed by atoms with Gasteiger partial charge in [-0.05, 0) is 30.9 Å². The van der Waals surface area contributed by atoms with Crippen LogP contribution in [0.4, 0.5) is 0 Å². The van der Waals surface area contributed by atoms with Gasteiger partial charge in [-0.25, -0.2) is 0 Å². The third-order valence-electron chi connectivity index (χ3n) is 4.05. The summed E-state index contributed by atoms with van der Waals surface area (Å²) < 4.78 is 1.89. The molecular formula is C14H20N4. The molecule has 0 amide bonds. The third kappa shape index (κ3) is 2.43. The molecule has 1 saturated heterocycles. The molecular weight excluding hydrogens is 224 g/mol. The van der Waals surface area contributed by atoms with Crippen LogP contribution in [0.25, 0.3) is 0 Å². The van der Waals surface area contributed by atoms with Gasteiger partial charge >= 0.3 is 0 Å². The number of likely N-dealkylation sites (tertiary alicyclic amines) is 1. The van der Waals surface area contributed by atoms with Crippen LogP contribution in [0.3, 0.4) is 0 Å². The van der Waals surface area contributed by atoms with E-state index >= 15 is 0 Å². The van der Waals surface area contributed by atoms with E-state index in [2.05, 4.69) is 16.3 Å². The Labute approximate surface area is 108 Å². The predicted octanol–water partition coefficient (Wildman–Crippen LogP) is 1.22. The summed E-state index contributed by atoms with van der Waals surface area (Å²) in [4.78, 5) is 2.61. The normalized spacial score (nSPS) is 24.3. The van der Waals surface area contributed by atoms with Gasteiger partial charge in [-0.1, -0.05) is 0 Å². The molecule has 0 spiro atoms. The SMILES string of the molecule is Cn1cc(CNC2CCN(C3CC3)C2)cc1C#N. The summed E-state index contributed by atoms with van der Waals surface area (Å²) >= 11 is 0. The number of aromatic nitrogens is 1. The van der Waals surface area contributed by atoms with E-state index in [-0.39, 0.29) is 0 Å². The zero-order valence-electron chi connectivity index (χ0n) is 10.9. The number of nitrogens with zero attached hydrogens (tertiary/aromatic N) is 3. The van der Waals surface area contributed by atoms with Crippen molar-refractivity contribution in [2.75, 3.05) is 13.1 Å². The van der Waals surface area contributed by atoms with E-state index in [0.717, 1.165) is 18.3 Å². The first-order valence-corrected chi connectivity index (χ1v) is 6.79. The van der Waals surface area contributed by atoms with Crippen LogP contribution in [0.1, 0.15) is 30.5 Å². The predicted molar refractivity (Wildman–Crippen MR) is 70.0 cm³/mol. The molecule has 4 heteroatoms. The Morgan fingerprint density at radius 3 is 2.94 bits per heavy atom. The molecule has 0 aromatic carbocycles. The highest BCUT2D eigenvalue weighted by atomic mass is 15.2. The molecule has 1 aliphatic heterocycles. The van der Waals surface area contributed by atoms with Gasteiger partial charge in [0.15, 0.2) is 0 Å². The monoisotopic (exact) mass is 244 g/mol. The maximum absolute atomic E-state index is 8.92. The van der Waals surface area contributed by atoms with Crippen molar-refractivity contribution in [3.63, 3.8) is 0 Å². The lowest BCUT2D eigenvalue weighted by atomic mass is 10.2. The smallest absolute Gasteiger partial charge is 0.120 e. The van der Waals surface area contributed by atoms with E-state index in [1.807, 2.05) is 23.9 Å². The van der Waals surface area contributed by atoms with E-state index in [1.54, 1.807) is 0 Å². The van der Waals surface area contributed by atoms with Gasteiger partial charge < -0.3 is 9.88 Å². The minimum absolute atomic E-state index is 0.622. The van der Waals surface area contributed by atoms with Crippen molar-refractivity contribution in [3.05, 3.63) is 23.5 Å². The van der Waals surface area contributed by atoms with Crippen LogP contribution in [-0.2, 0) is 13.6 Å². The van der Waals surface area contributed by atoms with Crippen molar-refractivity contribution in [2.45, 2.75) is 37.9 Å². The second-order valence-electron chi connectivity index (χ2n) is 5.55. The minimum Gasteiger partial charge on any atom is -0.342 e. The molecule has 1 atom stereocenters. The van der Waals surface area contributed by atoms with Crippen LogP contribution in [0.5, 0.6) is 0 Å². The third-order valence-corrected chi connectivity index (χ3v) is 4.05. The Kier molecular flexibility index (Phi) is 3.11. The van der Waals surface area contributed by atoms with E-state index < -0.39 is 0 Å². The maximum Gasteiger partial charge on any atom is 0.120 e. The Morgan fingerprint density at radius 2 is 2.28 bits per heavy atom. The molecule has 3 rings (SSSR count). The second-order valence-corrected chi connectivity index (χ2v) is 5.55. The molecule has 1 saturated carbocycles. The summed E-state index contributed by atoms with van der Waals surface area (Å²) in [7, 11) is 1.92.